The maximum absolute atomic E-state index is 11.7. The first-order valence-electron chi connectivity index (χ1n) is 10.3. The lowest BCUT2D eigenvalue weighted by Crippen LogP contribution is -2.23. The van der Waals surface area contributed by atoms with Gasteiger partial charge < -0.3 is 14.4 Å². The lowest BCUT2D eigenvalue weighted by Gasteiger charge is -2.26. The van der Waals surface area contributed by atoms with E-state index in [4.69, 9.17) is 4.74 Å². The molecule has 0 spiro atoms. The molecule has 28 heavy (non-hydrogen) atoms. The average molecular weight is 391 g/mol. The van der Waals surface area contributed by atoms with Crippen LogP contribution in [0.1, 0.15) is 90.8 Å². The lowest BCUT2D eigenvalue weighted by molar-refractivity contribution is -0.154. The van der Waals surface area contributed by atoms with Crippen LogP contribution >= 0.6 is 0 Å². The summed E-state index contributed by atoms with van der Waals surface area (Å²) in [6.07, 6.45) is 12.1. The average Bonchev–Trinajstić information content (AvgIpc) is 3.05. The Morgan fingerprint density at radius 2 is 1.86 bits per heavy atom. The van der Waals surface area contributed by atoms with Crippen molar-refractivity contribution in [2.45, 2.75) is 90.7 Å². The quantitative estimate of drug-likeness (QED) is 0.383. The first-order chi connectivity index (χ1) is 13.1. The Morgan fingerprint density at radius 1 is 1.21 bits per heavy atom. The minimum atomic E-state index is -0.932. The zero-order chi connectivity index (χ0) is 20.7. The fraction of sp³-hybridized carbons (Fsp3) is 0.682. The summed E-state index contributed by atoms with van der Waals surface area (Å²) in [5.74, 6) is -0.384. The summed E-state index contributed by atoms with van der Waals surface area (Å²) in [4.78, 5) is 27.7. The van der Waals surface area contributed by atoms with Gasteiger partial charge in [0.15, 0.2) is 0 Å². The van der Waals surface area contributed by atoms with E-state index < -0.39 is 11.6 Å². The Balaban J connectivity index is 1.87. The summed E-state index contributed by atoms with van der Waals surface area (Å²) in [7, 11) is 0. The molecule has 6 heteroatoms. The number of hydrogen-bond donors (Lipinski definition) is 1. The Labute approximate surface area is 168 Å². The van der Waals surface area contributed by atoms with Crippen molar-refractivity contribution in [2.24, 2.45) is 5.92 Å². The topological polar surface area (TPSA) is 81.4 Å². The van der Waals surface area contributed by atoms with Crippen molar-refractivity contribution in [1.82, 2.24) is 9.55 Å². The van der Waals surface area contributed by atoms with Crippen molar-refractivity contribution in [3.63, 3.8) is 0 Å². The number of carboxylic acids is 1. The molecule has 0 saturated heterocycles. The van der Waals surface area contributed by atoms with E-state index in [1.807, 2.05) is 33.3 Å². The van der Waals surface area contributed by atoms with Crippen LogP contribution in [0, 0.1) is 5.92 Å². The molecule has 0 atom stereocenters. The third-order valence-electron chi connectivity index (χ3n) is 5.12. The molecule has 1 N–H and O–H groups in total. The van der Waals surface area contributed by atoms with Crippen molar-refractivity contribution in [2.75, 3.05) is 0 Å². The highest BCUT2D eigenvalue weighted by molar-refractivity contribution is 5.91. The standard InChI is InChI=1S/C22H34N2O4/c1-16-9-11-19(12-10-16)24-14-18(23-15-24)13-17(21(26)27)7-5-6-8-20(25)28-22(2,3)4/h13-16,19H,5-12H2,1-4H3,(H,26,27)/b17-13+. The zero-order valence-corrected chi connectivity index (χ0v) is 17.6. The molecule has 0 aromatic carbocycles. The SMILES string of the molecule is CC1CCC(n2cnc(/C=C(\CCCCC(=O)OC(C)(C)C)C(=O)O)c2)CC1. The van der Waals surface area contributed by atoms with Crippen molar-refractivity contribution in [3.05, 3.63) is 23.8 Å². The maximum atomic E-state index is 11.7. The largest absolute Gasteiger partial charge is 0.478 e. The Hall–Kier alpha value is -2.11. The number of aromatic nitrogens is 2. The summed E-state index contributed by atoms with van der Waals surface area (Å²) in [6, 6.07) is 0.466. The summed E-state index contributed by atoms with van der Waals surface area (Å²) in [6.45, 7) is 7.80. The normalized spacial score (nSPS) is 20.8. The smallest absolute Gasteiger partial charge is 0.331 e. The van der Waals surface area contributed by atoms with Gasteiger partial charge in [0, 0.05) is 24.2 Å². The molecule has 0 amide bonds. The number of rotatable bonds is 8. The number of carbonyl (C=O) groups excluding carboxylic acids is 1. The first-order valence-corrected chi connectivity index (χ1v) is 10.3. The molecule has 1 heterocycles. The minimum absolute atomic E-state index is 0.242. The van der Waals surface area contributed by atoms with Gasteiger partial charge in [-0.05, 0) is 77.7 Å². The molecule has 0 aliphatic heterocycles. The molecule has 1 aliphatic carbocycles. The summed E-state index contributed by atoms with van der Waals surface area (Å²) in [5.41, 5.74) is 0.521. The molecular weight excluding hydrogens is 356 g/mol. The molecule has 156 valence electrons. The second-order valence-electron chi connectivity index (χ2n) is 8.93. The predicted octanol–water partition coefficient (Wildman–Crippen LogP) is 5.00. The van der Waals surface area contributed by atoms with Crippen molar-refractivity contribution < 1.29 is 19.4 Å². The molecular formula is C22H34N2O4. The molecule has 1 aromatic heterocycles. The highest BCUT2D eigenvalue weighted by atomic mass is 16.6. The third kappa shape index (κ3) is 7.49. The van der Waals surface area contributed by atoms with Crippen LogP contribution in [-0.2, 0) is 14.3 Å². The van der Waals surface area contributed by atoms with E-state index in [0.29, 0.717) is 43.0 Å². The van der Waals surface area contributed by atoms with E-state index in [-0.39, 0.29) is 5.97 Å². The molecule has 0 radical (unpaired) electrons. The van der Waals surface area contributed by atoms with Gasteiger partial charge in [0.2, 0.25) is 0 Å². The molecule has 1 aromatic rings. The molecule has 2 rings (SSSR count). The number of aliphatic carboxylic acids is 1. The second-order valence-corrected chi connectivity index (χ2v) is 8.93. The fourth-order valence-electron chi connectivity index (χ4n) is 3.56. The lowest BCUT2D eigenvalue weighted by atomic mass is 9.87. The predicted molar refractivity (Wildman–Crippen MR) is 109 cm³/mol. The van der Waals surface area contributed by atoms with Crippen LogP contribution in [0.15, 0.2) is 18.1 Å². The van der Waals surface area contributed by atoms with Gasteiger partial charge in [0.25, 0.3) is 0 Å². The summed E-state index contributed by atoms with van der Waals surface area (Å²) >= 11 is 0. The number of esters is 1. The number of imidazole rings is 1. The maximum Gasteiger partial charge on any atom is 0.331 e. The van der Waals surface area contributed by atoms with E-state index in [2.05, 4.69) is 16.5 Å². The van der Waals surface area contributed by atoms with Gasteiger partial charge >= 0.3 is 11.9 Å². The highest BCUT2D eigenvalue weighted by Gasteiger charge is 2.20. The van der Waals surface area contributed by atoms with Gasteiger partial charge in [-0.3, -0.25) is 4.79 Å². The van der Waals surface area contributed by atoms with Gasteiger partial charge in [0.1, 0.15) is 5.60 Å². The molecule has 1 saturated carbocycles. The third-order valence-corrected chi connectivity index (χ3v) is 5.12. The monoisotopic (exact) mass is 390 g/mol. The van der Waals surface area contributed by atoms with Crippen LogP contribution in [0.5, 0.6) is 0 Å². The van der Waals surface area contributed by atoms with Gasteiger partial charge in [-0.25, -0.2) is 9.78 Å². The second kappa shape index (κ2) is 9.89. The Kier molecular flexibility index (Phi) is 7.84. The van der Waals surface area contributed by atoms with Gasteiger partial charge in [-0.15, -0.1) is 0 Å². The Bertz CT molecular complexity index is 692. The number of hydrogen-bond acceptors (Lipinski definition) is 4. The van der Waals surface area contributed by atoms with Gasteiger partial charge in [0.05, 0.1) is 12.0 Å². The molecule has 1 aliphatic rings. The van der Waals surface area contributed by atoms with Crippen LogP contribution in [0.4, 0.5) is 0 Å². The fourth-order valence-corrected chi connectivity index (χ4v) is 3.56. The molecule has 0 bridgehead atoms. The van der Waals surface area contributed by atoms with Crippen molar-refractivity contribution in [3.8, 4) is 0 Å². The van der Waals surface area contributed by atoms with Crippen LogP contribution < -0.4 is 0 Å². The van der Waals surface area contributed by atoms with Crippen LogP contribution in [0.2, 0.25) is 0 Å². The minimum Gasteiger partial charge on any atom is -0.478 e. The Morgan fingerprint density at radius 3 is 2.46 bits per heavy atom. The number of nitrogens with zero attached hydrogens (tertiary/aromatic N) is 2. The number of unbranched alkanes of at least 4 members (excludes halogenated alkanes) is 1. The van der Waals surface area contributed by atoms with E-state index in [1.54, 1.807) is 6.08 Å². The zero-order valence-electron chi connectivity index (χ0n) is 17.6. The number of ether oxygens (including phenoxy) is 1. The van der Waals surface area contributed by atoms with Crippen molar-refractivity contribution >= 4 is 18.0 Å². The van der Waals surface area contributed by atoms with Gasteiger partial charge in [-0.2, -0.15) is 0 Å². The van der Waals surface area contributed by atoms with Gasteiger partial charge in [-0.1, -0.05) is 6.92 Å². The number of carbonyl (C=O) groups is 2. The summed E-state index contributed by atoms with van der Waals surface area (Å²) < 4.78 is 7.40. The molecule has 6 nitrogen and oxygen atoms in total. The molecule has 1 fully saturated rings. The van der Waals surface area contributed by atoms with E-state index in [0.717, 1.165) is 18.8 Å². The molecule has 0 unspecified atom stereocenters. The van der Waals surface area contributed by atoms with Crippen LogP contribution in [0.3, 0.4) is 0 Å². The number of carboxylic acid groups (broad SMARTS) is 1. The van der Waals surface area contributed by atoms with E-state index >= 15 is 0 Å². The van der Waals surface area contributed by atoms with Crippen molar-refractivity contribution in [1.29, 1.82) is 0 Å². The van der Waals surface area contributed by atoms with Crippen LogP contribution in [0.25, 0.3) is 6.08 Å². The van der Waals surface area contributed by atoms with E-state index in [9.17, 15) is 14.7 Å². The van der Waals surface area contributed by atoms with Crippen LogP contribution in [-0.4, -0.2) is 32.2 Å². The van der Waals surface area contributed by atoms with E-state index in [1.165, 1.54) is 12.8 Å². The highest BCUT2D eigenvalue weighted by Crippen LogP contribution is 2.31. The summed E-state index contributed by atoms with van der Waals surface area (Å²) in [5, 5.41) is 9.49. The first kappa shape index (κ1) is 22.2.